The summed E-state index contributed by atoms with van der Waals surface area (Å²) in [6.07, 6.45) is 1.19. The summed E-state index contributed by atoms with van der Waals surface area (Å²) < 4.78 is 21.9. The van der Waals surface area contributed by atoms with Crippen LogP contribution in [0.15, 0.2) is 24.3 Å². The lowest BCUT2D eigenvalue weighted by molar-refractivity contribution is -0.384. The van der Waals surface area contributed by atoms with Crippen molar-refractivity contribution in [3.63, 3.8) is 0 Å². The van der Waals surface area contributed by atoms with Gasteiger partial charge in [-0.25, -0.2) is 8.42 Å². The predicted octanol–water partition coefficient (Wildman–Crippen LogP) is 1.29. The first-order chi connectivity index (χ1) is 8.29. The van der Waals surface area contributed by atoms with E-state index in [0.29, 0.717) is 6.54 Å². The fourth-order valence-corrected chi connectivity index (χ4v) is 1.95. The van der Waals surface area contributed by atoms with E-state index in [1.165, 1.54) is 18.4 Å². The highest BCUT2D eigenvalue weighted by Crippen LogP contribution is 2.17. The van der Waals surface area contributed by atoms with Crippen molar-refractivity contribution in [3.05, 3.63) is 39.9 Å². The molecule has 1 aromatic rings. The summed E-state index contributed by atoms with van der Waals surface area (Å²) in [5, 5.41) is 13.5. The van der Waals surface area contributed by atoms with Gasteiger partial charge in [0.1, 0.15) is 9.84 Å². The number of nitrogens with one attached hydrogen (secondary N) is 1. The summed E-state index contributed by atoms with van der Waals surface area (Å²) in [5.74, 6) is 0.0737. The zero-order valence-electron chi connectivity index (χ0n) is 10.3. The van der Waals surface area contributed by atoms with Crippen molar-refractivity contribution in [2.24, 2.45) is 0 Å². The molecule has 6 nitrogen and oxygen atoms in total. The lowest BCUT2D eigenvalue weighted by atomic mass is 10.1. The van der Waals surface area contributed by atoms with Gasteiger partial charge in [-0.3, -0.25) is 10.1 Å². The molecule has 0 aromatic heterocycles. The lowest BCUT2D eigenvalue weighted by Gasteiger charge is -2.13. The smallest absolute Gasteiger partial charge is 0.269 e. The van der Waals surface area contributed by atoms with Crippen LogP contribution in [0.1, 0.15) is 18.5 Å². The predicted molar refractivity (Wildman–Crippen MR) is 69.2 cm³/mol. The number of rotatable bonds is 6. The van der Waals surface area contributed by atoms with E-state index >= 15 is 0 Å². The molecule has 0 saturated carbocycles. The number of sulfone groups is 1. The zero-order chi connectivity index (χ0) is 13.8. The molecule has 0 amide bonds. The Balaban J connectivity index is 2.56. The van der Waals surface area contributed by atoms with E-state index in [-0.39, 0.29) is 17.5 Å². The highest BCUT2D eigenvalue weighted by molar-refractivity contribution is 7.90. The average molecular weight is 272 g/mol. The van der Waals surface area contributed by atoms with Crippen molar-refractivity contribution in [2.45, 2.75) is 13.0 Å². The van der Waals surface area contributed by atoms with E-state index in [0.717, 1.165) is 5.56 Å². The van der Waals surface area contributed by atoms with E-state index in [1.54, 1.807) is 12.1 Å². The number of nitrogens with zero attached hydrogens (tertiary/aromatic N) is 1. The summed E-state index contributed by atoms with van der Waals surface area (Å²) in [6.45, 7) is 2.24. The minimum absolute atomic E-state index is 0.0436. The van der Waals surface area contributed by atoms with E-state index in [4.69, 9.17) is 0 Å². The number of nitro benzene ring substituents is 1. The maximum absolute atomic E-state index is 11.0. The Bertz CT molecular complexity index is 510. The van der Waals surface area contributed by atoms with Gasteiger partial charge in [0.2, 0.25) is 0 Å². The van der Waals surface area contributed by atoms with Crippen LogP contribution in [-0.4, -0.2) is 31.9 Å². The molecule has 0 radical (unpaired) electrons. The second-order valence-corrected chi connectivity index (χ2v) is 6.41. The molecule has 7 heteroatoms. The fraction of sp³-hybridized carbons (Fsp3) is 0.455. The Hall–Kier alpha value is -1.47. The van der Waals surface area contributed by atoms with Crippen molar-refractivity contribution in [1.29, 1.82) is 0 Å². The molecule has 1 unspecified atom stereocenters. The van der Waals surface area contributed by atoms with Gasteiger partial charge in [-0.2, -0.15) is 0 Å². The largest absolute Gasteiger partial charge is 0.309 e. The Morgan fingerprint density at radius 3 is 2.33 bits per heavy atom. The zero-order valence-corrected chi connectivity index (χ0v) is 11.1. The minimum atomic E-state index is -2.97. The highest BCUT2D eigenvalue weighted by atomic mass is 32.2. The van der Waals surface area contributed by atoms with Gasteiger partial charge in [0.25, 0.3) is 5.69 Å². The molecule has 0 bridgehead atoms. The number of hydrogen-bond acceptors (Lipinski definition) is 5. The second-order valence-electron chi connectivity index (χ2n) is 4.15. The van der Waals surface area contributed by atoms with Crippen molar-refractivity contribution in [3.8, 4) is 0 Å². The summed E-state index contributed by atoms with van der Waals surface area (Å²) in [5.41, 5.74) is 0.927. The third-order valence-corrected chi connectivity index (χ3v) is 3.47. The van der Waals surface area contributed by atoms with Gasteiger partial charge in [-0.15, -0.1) is 0 Å². The van der Waals surface area contributed by atoms with Gasteiger partial charge in [-0.1, -0.05) is 12.1 Å². The van der Waals surface area contributed by atoms with Crippen LogP contribution in [0.25, 0.3) is 0 Å². The molecular formula is C11H16N2O4S. The van der Waals surface area contributed by atoms with Crippen LogP contribution in [-0.2, 0) is 9.84 Å². The lowest BCUT2D eigenvalue weighted by Crippen LogP contribution is -2.25. The van der Waals surface area contributed by atoms with E-state index in [9.17, 15) is 18.5 Å². The second kappa shape index (κ2) is 5.92. The van der Waals surface area contributed by atoms with Crippen LogP contribution >= 0.6 is 0 Å². The van der Waals surface area contributed by atoms with Crippen molar-refractivity contribution in [1.82, 2.24) is 5.32 Å². The number of hydrogen-bond donors (Lipinski definition) is 1. The molecule has 0 heterocycles. The highest BCUT2D eigenvalue weighted by Gasteiger charge is 2.09. The van der Waals surface area contributed by atoms with Crippen LogP contribution in [0.2, 0.25) is 0 Å². The van der Waals surface area contributed by atoms with Crippen LogP contribution in [0.3, 0.4) is 0 Å². The third kappa shape index (κ3) is 4.80. The molecule has 0 aliphatic carbocycles. The SMILES string of the molecule is CC(NCCS(C)(=O)=O)c1ccc([N+](=O)[O-])cc1. The Morgan fingerprint density at radius 1 is 1.33 bits per heavy atom. The number of non-ortho nitro benzene ring substituents is 1. The van der Waals surface area contributed by atoms with Crippen LogP contribution in [0.5, 0.6) is 0 Å². The van der Waals surface area contributed by atoms with Crippen LogP contribution < -0.4 is 5.32 Å². The van der Waals surface area contributed by atoms with Crippen molar-refractivity contribution >= 4 is 15.5 Å². The Kier molecular flexibility index (Phi) is 4.80. The monoisotopic (exact) mass is 272 g/mol. The molecule has 1 atom stereocenters. The van der Waals surface area contributed by atoms with E-state index < -0.39 is 14.8 Å². The van der Waals surface area contributed by atoms with Crippen molar-refractivity contribution < 1.29 is 13.3 Å². The number of benzene rings is 1. The molecule has 0 aliphatic heterocycles. The molecular weight excluding hydrogens is 256 g/mol. The summed E-state index contributed by atoms with van der Waals surface area (Å²) in [6, 6.07) is 6.15. The normalized spacial score (nSPS) is 13.2. The molecule has 0 fully saturated rings. The van der Waals surface area contributed by atoms with Gasteiger partial charge in [0.05, 0.1) is 10.7 Å². The maximum Gasteiger partial charge on any atom is 0.269 e. The molecule has 18 heavy (non-hydrogen) atoms. The first kappa shape index (κ1) is 14.6. The molecule has 1 N–H and O–H groups in total. The van der Waals surface area contributed by atoms with Gasteiger partial charge < -0.3 is 5.32 Å². The summed E-state index contributed by atoms with van der Waals surface area (Å²) >= 11 is 0. The average Bonchev–Trinajstić information content (AvgIpc) is 2.27. The van der Waals surface area contributed by atoms with Crippen LogP contribution in [0.4, 0.5) is 5.69 Å². The molecule has 1 aromatic carbocycles. The maximum atomic E-state index is 11.0. The molecule has 100 valence electrons. The first-order valence-corrected chi connectivity index (χ1v) is 7.51. The summed E-state index contributed by atoms with van der Waals surface area (Å²) in [4.78, 5) is 10.0. The van der Waals surface area contributed by atoms with Gasteiger partial charge in [0, 0.05) is 31.0 Å². The first-order valence-electron chi connectivity index (χ1n) is 5.45. The molecule has 1 rings (SSSR count). The number of nitro groups is 1. The van der Waals surface area contributed by atoms with Crippen molar-refractivity contribution in [2.75, 3.05) is 18.6 Å². The van der Waals surface area contributed by atoms with E-state index in [2.05, 4.69) is 5.32 Å². The van der Waals surface area contributed by atoms with Gasteiger partial charge in [-0.05, 0) is 12.5 Å². The Labute approximate surface area is 106 Å². The fourth-order valence-electron chi connectivity index (χ4n) is 1.46. The van der Waals surface area contributed by atoms with Gasteiger partial charge >= 0.3 is 0 Å². The standard InChI is InChI=1S/C11H16N2O4S/c1-9(12-7-8-18(2,16)17)10-3-5-11(6-4-10)13(14)15/h3-6,9,12H,7-8H2,1-2H3. The minimum Gasteiger partial charge on any atom is -0.309 e. The topological polar surface area (TPSA) is 89.3 Å². The quantitative estimate of drug-likeness (QED) is 0.622. The van der Waals surface area contributed by atoms with Gasteiger partial charge in [0.15, 0.2) is 0 Å². The Morgan fingerprint density at radius 2 is 1.89 bits per heavy atom. The van der Waals surface area contributed by atoms with E-state index in [1.807, 2.05) is 6.92 Å². The molecule has 0 aliphatic rings. The molecule has 0 saturated heterocycles. The van der Waals surface area contributed by atoms with Crippen LogP contribution in [0, 0.1) is 10.1 Å². The molecule has 0 spiro atoms. The third-order valence-electron chi connectivity index (χ3n) is 2.53. The summed E-state index contributed by atoms with van der Waals surface area (Å²) in [7, 11) is -2.97.